The summed E-state index contributed by atoms with van der Waals surface area (Å²) in [6.07, 6.45) is -11.0. The van der Waals surface area contributed by atoms with Crippen LogP contribution in [0.3, 0.4) is 0 Å². The van der Waals surface area contributed by atoms with E-state index < -0.39 is 43.3 Å². The van der Waals surface area contributed by atoms with Crippen molar-refractivity contribution in [3.8, 4) is 0 Å². The van der Waals surface area contributed by atoms with Gasteiger partial charge in [-0.1, -0.05) is 0 Å². The minimum Gasteiger partial charge on any atom is -0.565 e. The summed E-state index contributed by atoms with van der Waals surface area (Å²) < 4.78 is 0. The Bertz CT molecular complexity index is 264. The maximum absolute atomic E-state index is 9.90. The fourth-order valence-corrected chi connectivity index (χ4v) is 0.618. The van der Waals surface area contributed by atoms with Crippen LogP contribution in [0.25, 0.3) is 0 Å². The molecule has 0 saturated carbocycles. The molecule has 0 aromatic carbocycles. The molecule has 12 nitrogen and oxygen atoms in total. The van der Waals surface area contributed by atoms with Crippen molar-refractivity contribution in [1.29, 1.82) is 0 Å². The van der Waals surface area contributed by atoms with E-state index in [4.69, 9.17) is 55.5 Å². The van der Waals surface area contributed by atoms with E-state index >= 15 is 0 Å². The van der Waals surface area contributed by atoms with E-state index in [9.17, 15) is 4.79 Å². The molecule has 0 amide bonds. The topological polar surface area (TPSA) is 239 Å². The number of carboxylic acid groups (broad SMARTS) is 4. The zero-order chi connectivity index (χ0) is 16.9. The Hall–Kier alpha value is -0.730. The Balaban J connectivity index is -0.000000134. The monoisotopic (exact) mass is 342 g/mol. The molecule has 0 aliphatic heterocycles. The van der Waals surface area contributed by atoms with Crippen LogP contribution in [0.2, 0.25) is 0 Å². The summed E-state index contributed by atoms with van der Waals surface area (Å²) in [7, 11) is 0. The van der Waals surface area contributed by atoms with Gasteiger partial charge in [-0.25, -0.2) is 0 Å². The number of carbonyl (C=O) groups excluding carboxylic acids is 1. The largest absolute Gasteiger partial charge is 2.00 e. The van der Waals surface area contributed by atoms with E-state index in [1.807, 2.05) is 0 Å². The molecule has 0 saturated heterocycles. The van der Waals surface area contributed by atoms with Crippen molar-refractivity contribution in [2.24, 2.45) is 0 Å². The molecule has 21 heavy (non-hydrogen) atoms. The van der Waals surface area contributed by atoms with Crippen LogP contribution in [0.1, 0.15) is 0 Å². The van der Waals surface area contributed by atoms with Crippen LogP contribution in [0.4, 0.5) is 9.59 Å². The molecule has 0 heterocycles. The molecular weight excluding hydrogens is 328 g/mol. The fraction of sp³-hybridized carbons (Fsp3) is 0.625. The summed E-state index contributed by atoms with van der Waals surface area (Å²) in [6, 6.07) is 0. The third-order valence-corrected chi connectivity index (χ3v) is 1.42. The van der Waals surface area contributed by atoms with E-state index in [1.165, 1.54) is 0 Å². The van der Waals surface area contributed by atoms with Crippen molar-refractivity contribution < 1.29 is 60.3 Å². The van der Waals surface area contributed by atoms with Crippen LogP contribution >= 0.6 is 0 Å². The van der Waals surface area contributed by atoms with Gasteiger partial charge in [-0.05, 0) is 0 Å². The quantitative estimate of drug-likeness (QED) is 0.182. The zero-order valence-electron chi connectivity index (χ0n) is 10.5. The summed E-state index contributed by atoms with van der Waals surface area (Å²) in [6.45, 7) is -0.760. The summed E-state index contributed by atoms with van der Waals surface area (Å²) in [4.78, 5) is 26.8. The first kappa shape index (κ1) is 28.4. The second-order valence-corrected chi connectivity index (χ2v) is 2.89. The Morgan fingerprint density at radius 2 is 1.24 bits per heavy atom. The maximum Gasteiger partial charge on any atom is 2.00 e. The summed E-state index contributed by atoms with van der Waals surface area (Å²) in [5, 5.41) is 74.1. The molecule has 0 aliphatic rings. The number of aldehydes is 1. The van der Waals surface area contributed by atoms with Gasteiger partial charge in [0.1, 0.15) is 24.4 Å². The van der Waals surface area contributed by atoms with Crippen LogP contribution in [0.5, 0.6) is 0 Å². The van der Waals surface area contributed by atoms with Gasteiger partial charge in [0.2, 0.25) is 12.3 Å². The molecule has 0 bridgehead atoms. The van der Waals surface area contributed by atoms with Crippen LogP contribution in [0, 0.1) is 0 Å². The summed E-state index contributed by atoms with van der Waals surface area (Å²) >= 11 is 0. The van der Waals surface area contributed by atoms with Gasteiger partial charge in [0, 0.05) is 0 Å². The molecular formula is C8H14CaO12. The van der Waals surface area contributed by atoms with Crippen LogP contribution in [-0.2, 0) is 4.79 Å². The van der Waals surface area contributed by atoms with Crippen molar-refractivity contribution in [2.45, 2.75) is 24.4 Å². The molecule has 7 N–H and O–H groups in total. The average Bonchev–Trinajstić information content (AvgIpc) is 2.33. The molecule has 0 fully saturated rings. The van der Waals surface area contributed by atoms with E-state index in [1.54, 1.807) is 0 Å². The first-order chi connectivity index (χ1) is 9.00. The molecule has 0 rings (SSSR count). The van der Waals surface area contributed by atoms with Gasteiger partial charge < -0.3 is 60.3 Å². The number of aliphatic hydroxyl groups is 5. The van der Waals surface area contributed by atoms with Gasteiger partial charge in [-0.15, -0.1) is 0 Å². The SMILES string of the molecule is O=C([O-])O.O=C([O-])O.O=C[C@H](O)[C@@H](O)[C@H](O)[C@H](O)CO.[Ca+2]. The number of carbonyl (C=O) groups is 3. The number of aliphatic hydroxyl groups excluding tert-OH is 5. The van der Waals surface area contributed by atoms with E-state index in [0.717, 1.165) is 0 Å². The second kappa shape index (κ2) is 17.3. The minimum atomic E-state index is -2.08. The van der Waals surface area contributed by atoms with Gasteiger partial charge in [0.15, 0.2) is 6.29 Å². The van der Waals surface area contributed by atoms with Crippen LogP contribution in [-0.4, -0.2) is 123 Å². The zero-order valence-corrected chi connectivity index (χ0v) is 12.7. The third-order valence-electron chi connectivity index (χ3n) is 1.42. The van der Waals surface area contributed by atoms with Crippen molar-refractivity contribution in [3.05, 3.63) is 0 Å². The van der Waals surface area contributed by atoms with Gasteiger partial charge in [-0.2, -0.15) is 0 Å². The molecule has 0 spiro atoms. The minimum absolute atomic E-state index is 0. The smallest absolute Gasteiger partial charge is 0.565 e. The van der Waals surface area contributed by atoms with Crippen LogP contribution < -0.4 is 10.2 Å². The molecule has 0 aromatic rings. The molecule has 4 atom stereocenters. The van der Waals surface area contributed by atoms with Crippen molar-refractivity contribution in [3.63, 3.8) is 0 Å². The first-order valence-electron chi connectivity index (χ1n) is 4.59. The molecule has 120 valence electrons. The number of rotatable bonds is 5. The van der Waals surface area contributed by atoms with Gasteiger partial charge in [0.25, 0.3) is 0 Å². The Morgan fingerprint density at radius 3 is 1.43 bits per heavy atom. The third kappa shape index (κ3) is 24.6. The Labute approximate surface area is 147 Å². The predicted molar refractivity (Wildman–Crippen MR) is 59.0 cm³/mol. The summed E-state index contributed by atoms with van der Waals surface area (Å²) in [5.41, 5.74) is 0. The van der Waals surface area contributed by atoms with Crippen molar-refractivity contribution in [2.75, 3.05) is 6.61 Å². The van der Waals surface area contributed by atoms with Crippen molar-refractivity contribution in [1.82, 2.24) is 0 Å². The second-order valence-electron chi connectivity index (χ2n) is 2.89. The first-order valence-corrected chi connectivity index (χ1v) is 4.59. The molecule has 0 radical (unpaired) electrons. The van der Waals surface area contributed by atoms with E-state index in [0.29, 0.717) is 0 Å². The molecule has 0 aromatic heterocycles. The van der Waals surface area contributed by atoms with Gasteiger partial charge in [0.05, 0.1) is 6.61 Å². The normalized spacial score (nSPS) is 14.3. The molecule has 0 unspecified atom stereocenters. The maximum atomic E-state index is 9.90. The summed E-state index contributed by atoms with van der Waals surface area (Å²) in [5.74, 6) is 0. The van der Waals surface area contributed by atoms with Gasteiger partial charge >= 0.3 is 37.7 Å². The standard InChI is InChI=1S/C6H12O6.2CH2O3.Ca/c7-1-3(9)5(11)6(12)4(10)2-8;2*2-1(3)4;/h1,3-6,8-12H,2H2;2*(H2,2,3,4);/q;;;+2/p-2/t3-,4+,5+,6+;;;/m0.../s1. The average molecular weight is 342 g/mol. The Kier molecular flexibility index (Phi) is 23.5. The predicted octanol–water partition coefficient (Wildman–Crippen LogP) is -5.98. The number of hydrogen-bond acceptors (Lipinski definition) is 10. The molecule has 0 aliphatic carbocycles. The van der Waals surface area contributed by atoms with Gasteiger partial charge in [-0.3, -0.25) is 0 Å². The van der Waals surface area contributed by atoms with Crippen molar-refractivity contribution >= 4 is 56.3 Å². The van der Waals surface area contributed by atoms with Crippen LogP contribution in [0.15, 0.2) is 0 Å². The van der Waals surface area contributed by atoms with E-state index in [-0.39, 0.29) is 44.0 Å². The number of hydrogen-bond donors (Lipinski definition) is 7. The fourth-order valence-electron chi connectivity index (χ4n) is 0.618. The van der Waals surface area contributed by atoms with E-state index in [2.05, 4.69) is 0 Å². The Morgan fingerprint density at radius 1 is 0.952 bits per heavy atom. The molecule has 13 heteroatoms.